The Hall–Kier alpha value is -0.800. The SMILES string of the molecule is CCCNC(c1ccn(COCC2CC2)c1)C(C)C. The summed E-state index contributed by atoms with van der Waals surface area (Å²) in [6, 6.07) is 2.66. The van der Waals surface area contributed by atoms with E-state index in [1.54, 1.807) is 0 Å². The molecule has 3 nitrogen and oxygen atoms in total. The van der Waals surface area contributed by atoms with Crippen LogP contribution in [0.3, 0.4) is 0 Å². The molecule has 1 fully saturated rings. The first-order chi connectivity index (χ1) is 9.20. The summed E-state index contributed by atoms with van der Waals surface area (Å²) in [4.78, 5) is 0. The maximum Gasteiger partial charge on any atom is 0.122 e. The van der Waals surface area contributed by atoms with Gasteiger partial charge in [0.05, 0.1) is 6.61 Å². The molecule has 0 radical (unpaired) electrons. The monoisotopic (exact) mass is 264 g/mol. The molecule has 1 aliphatic carbocycles. The van der Waals surface area contributed by atoms with Crippen molar-refractivity contribution in [2.45, 2.75) is 52.8 Å². The minimum atomic E-state index is 0.449. The van der Waals surface area contributed by atoms with E-state index in [-0.39, 0.29) is 0 Å². The number of ether oxygens (including phenoxy) is 1. The summed E-state index contributed by atoms with van der Waals surface area (Å²) in [5.41, 5.74) is 1.37. The van der Waals surface area contributed by atoms with E-state index in [0.29, 0.717) is 18.7 Å². The molecule has 1 aromatic heterocycles. The summed E-state index contributed by atoms with van der Waals surface area (Å²) in [6.07, 6.45) is 8.24. The van der Waals surface area contributed by atoms with Gasteiger partial charge in [0.15, 0.2) is 0 Å². The van der Waals surface area contributed by atoms with Gasteiger partial charge in [-0.1, -0.05) is 20.8 Å². The summed E-state index contributed by atoms with van der Waals surface area (Å²) in [7, 11) is 0. The third-order valence-electron chi connectivity index (χ3n) is 3.70. The molecule has 1 N–H and O–H groups in total. The number of rotatable bonds is 9. The van der Waals surface area contributed by atoms with Gasteiger partial charge in [-0.25, -0.2) is 0 Å². The average molecular weight is 264 g/mol. The highest BCUT2D eigenvalue weighted by atomic mass is 16.5. The Balaban J connectivity index is 1.85. The molecule has 0 bridgehead atoms. The van der Waals surface area contributed by atoms with Crippen molar-refractivity contribution in [1.82, 2.24) is 9.88 Å². The van der Waals surface area contributed by atoms with Gasteiger partial charge in [0.1, 0.15) is 6.73 Å². The minimum Gasteiger partial charge on any atom is -0.361 e. The van der Waals surface area contributed by atoms with Crippen molar-refractivity contribution in [2.75, 3.05) is 13.2 Å². The summed E-state index contributed by atoms with van der Waals surface area (Å²) in [5, 5.41) is 3.63. The highest BCUT2D eigenvalue weighted by molar-refractivity contribution is 5.16. The van der Waals surface area contributed by atoms with Crippen LogP contribution in [0, 0.1) is 11.8 Å². The number of nitrogens with one attached hydrogen (secondary N) is 1. The summed E-state index contributed by atoms with van der Waals surface area (Å²) in [5.74, 6) is 1.44. The lowest BCUT2D eigenvalue weighted by molar-refractivity contribution is 0.0691. The first-order valence-electron chi connectivity index (χ1n) is 7.67. The van der Waals surface area contributed by atoms with Crippen molar-refractivity contribution in [1.29, 1.82) is 0 Å². The smallest absolute Gasteiger partial charge is 0.122 e. The molecular weight excluding hydrogens is 236 g/mol. The van der Waals surface area contributed by atoms with E-state index in [0.717, 1.165) is 19.1 Å². The summed E-state index contributed by atoms with van der Waals surface area (Å²) < 4.78 is 7.87. The lowest BCUT2D eigenvalue weighted by Crippen LogP contribution is -2.26. The van der Waals surface area contributed by atoms with Gasteiger partial charge in [-0.15, -0.1) is 0 Å². The Morgan fingerprint density at radius 2 is 2.21 bits per heavy atom. The maximum absolute atomic E-state index is 5.72. The molecule has 1 aromatic rings. The van der Waals surface area contributed by atoms with Crippen LogP contribution in [0.25, 0.3) is 0 Å². The van der Waals surface area contributed by atoms with Gasteiger partial charge in [-0.3, -0.25) is 0 Å². The van der Waals surface area contributed by atoms with Crippen LogP contribution in [0.2, 0.25) is 0 Å². The Morgan fingerprint density at radius 1 is 1.42 bits per heavy atom. The van der Waals surface area contributed by atoms with Crippen molar-refractivity contribution in [3.8, 4) is 0 Å². The van der Waals surface area contributed by atoms with Crippen molar-refractivity contribution in [3.63, 3.8) is 0 Å². The molecule has 19 heavy (non-hydrogen) atoms. The molecular formula is C16H28N2O. The van der Waals surface area contributed by atoms with Crippen molar-refractivity contribution < 1.29 is 4.74 Å². The number of hydrogen-bond donors (Lipinski definition) is 1. The molecule has 1 atom stereocenters. The quantitative estimate of drug-likeness (QED) is 0.738. The fourth-order valence-corrected chi connectivity index (χ4v) is 2.37. The molecule has 0 aromatic carbocycles. The molecule has 2 rings (SSSR count). The van der Waals surface area contributed by atoms with Gasteiger partial charge < -0.3 is 14.6 Å². The van der Waals surface area contributed by atoms with Crippen LogP contribution in [-0.2, 0) is 11.5 Å². The molecule has 108 valence electrons. The molecule has 1 heterocycles. The topological polar surface area (TPSA) is 26.2 Å². The van der Waals surface area contributed by atoms with Crippen molar-refractivity contribution >= 4 is 0 Å². The molecule has 1 aliphatic rings. The first kappa shape index (κ1) is 14.6. The van der Waals surface area contributed by atoms with Crippen molar-refractivity contribution in [3.05, 3.63) is 24.0 Å². The Labute approximate surface area is 117 Å². The Kier molecular flexibility index (Phi) is 5.46. The van der Waals surface area contributed by atoms with Crippen molar-refractivity contribution in [2.24, 2.45) is 11.8 Å². The lowest BCUT2D eigenvalue weighted by atomic mass is 9.98. The van der Waals surface area contributed by atoms with Gasteiger partial charge >= 0.3 is 0 Å². The molecule has 0 saturated heterocycles. The third-order valence-corrected chi connectivity index (χ3v) is 3.70. The zero-order chi connectivity index (χ0) is 13.7. The van der Waals surface area contributed by atoms with Gasteiger partial charge in [0, 0.05) is 18.4 Å². The fourth-order valence-electron chi connectivity index (χ4n) is 2.37. The normalized spacial score (nSPS) is 17.1. The summed E-state index contributed by atoms with van der Waals surface area (Å²) >= 11 is 0. The van der Waals surface area contributed by atoms with Gasteiger partial charge in [-0.2, -0.15) is 0 Å². The van der Waals surface area contributed by atoms with E-state index in [1.165, 1.54) is 24.8 Å². The van der Waals surface area contributed by atoms with Gasteiger partial charge in [0.25, 0.3) is 0 Å². The van der Waals surface area contributed by atoms with Crippen LogP contribution >= 0.6 is 0 Å². The van der Waals surface area contributed by atoms with Crippen LogP contribution in [-0.4, -0.2) is 17.7 Å². The second-order valence-corrected chi connectivity index (χ2v) is 6.08. The maximum atomic E-state index is 5.72. The molecule has 0 spiro atoms. The van der Waals surface area contributed by atoms with Crippen LogP contribution < -0.4 is 5.32 Å². The lowest BCUT2D eigenvalue weighted by Gasteiger charge is -2.21. The zero-order valence-electron chi connectivity index (χ0n) is 12.6. The van der Waals surface area contributed by atoms with E-state index >= 15 is 0 Å². The number of nitrogens with zero attached hydrogens (tertiary/aromatic N) is 1. The third kappa shape index (κ3) is 4.66. The molecule has 1 unspecified atom stereocenters. The summed E-state index contributed by atoms with van der Waals surface area (Å²) in [6.45, 7) is 9.44. The molecule has 0 aliphatic heterocycles. The second kappa shape index (κ2) is 7.11. The largest absolute Gasteiger partial charge is 0.361 e. The zero-order valence-corrected chi connectivity index (χ0v) is 12.6. The van der Waals surface area contributed by atoms with Crippen LogP contribution in [0.4, 0.5) is 0 Å². The molecule has 3 heteroatoms. The minimum absolute atomic E-state index is 0.449. The van der Waals surface area contributed by atoms with Crippen LogP contribution in [0.1, 0.15) is 51.6 Å². The van der Waals surface area contributed by atoms with Crippen LogP contribution in [0.5, 0.6) is 0 Å². The fraction of sp³-hybridized carbons (Fsp3) is 0.750. The Morgan fingerprint density at radius 3 is 2.84 bits per heavy atom. The van der Waals surface area contributed by atoms with E-state index < -0.39 is 0 Å². The standard InChI is InChI=1S/C16H28N2O/c1-4-8-17-16(13(2)3)15-7-9-18(10-15)12-19-11-14-5-6-14/h7,9-10,13-14,16-17H,4-6,8,11-12H2,1-3H3. The highest BCUT2D eigenvalue weighted by Gasteiger charge is 2.21. The van der Waals surface area contributed by atoms with E-state index in [1.807, 2.05) is 0 Å². The van der Waals surface area contributed by atoms with Crippen LogP contribution in [0.15, 0.2) is 18.5 Å². The van der Waals surface area contributed by atoms with E-state index in [9.17, 15) is 0 Å². The van der Waals surface area contributed by atoms with Gasteiger partial charge in [-0.05, 0) is 49.3 Å². The van der Waals surface area contributed by atoms with E-state index in [4.69, 9.17) is 4.74 Å². The predicted octanol–water partition coefficient (Wildman–Crippen LogP) is 3.57. The Bertz CT molecular complexity index is 369. The highest BCUT2D eigenvalue weighted by Crippen LogP contribution is 2.29. The molecule has 1 saturated carbocycles. The average Bonchev–Trinajstić information content (AvgIpc) is 3.08. The number of hydrogen-bond acceptors (Lipinski definition) is 2. The van der Waals surface area contributed by atoms with Gasteiger partial charge in [0.2, 0.25) is 0 Å². The molecule has 0 amide bonds. The second-order valence-electron chi connectivity index (χ2n) is 6.08. The predicted molar refractivity (Wildman–Crippen MR) is 79.0 cm³/mol. The number of aromatic nitrogens is 1. The first-order valence-corrected chi connectivity index (χ1v) is 7.67. The van der Waals surface area contributed by atoms with E-state index in [2.05, 4.69) is 49.1 Å².